The van der Waals surface area contributed by atoms with Crippen molar-refractivity contribution in [2.45, 2.75) is 16.5 Å². The molecule has 0 spiro atoms. The lowest BCUT2D eigenvalue weighted by molar-refractivity contribution is 0.0600. The van der Waals surface area contributed by atoms with Crippen LogP contribution in [-0.4, -0.2) is 28.0 Å². The van der Waals surface area contributed by atoms with Crippen LogP contribution in [0, 0.1) is 0 Å². The third-order valence-electron chi connectivity index (χ3n) is 3.83. The van der Waals surface area contributed by atoms with E-state index in [1.165, 1.54) is 13.3 Å². The molecule has 0 saturated carbocycles. The molecular weight excluding hydrogens is 350 g/mol. The molecule has 1 aliphatic rings. The number of hydrogen-bond donors (Lipinski definition) is 2. The molecule has 4 rings (SSSR count). The fourth-order valence-electron chi connectivity index (χ4n) is 2.52. The quantitative estimate of drug-likeness (QED) is 0.531. The summed E-state index contributed by atoms with van der Waals surface area (Å²) in [7, 11) is 1.35. The van der Waals surface area contributed by atoms with Gasteiger partial charge in [0, 0.05) is 30.0 Å². The molecule has 0 bridgehead atoms. The van der Waals surface area contributed by atoms with Gasteiger partial charge >= 0.3 is 5.97 Å². The molecule has 3 heterocycles. The van der Waals surface area contributed by atoms with E-state index < -0.39 is 5.97 Å². The van der Waals surface area contributed by atoms with Crippen LogP contribution >= 0.6 is 11.8 Å². The predicted octanol–water partition coefficient (Wildman–Crippen LogP) is 3.48. The molecule has 0 unspecified atom stereocenters. The number of methoxy groups -OCH3 is 1. The second-order valence-corrected chi connectivity index (χ2v) is 6.58. The Morgan fingerprint density at radius 2 is 2.08 bits per heavy atom. The molecule has 1 aromatic carbocycles. The summed E-state index contributed by atoms with van der Waals surface area (Å²) in [5.41, 5.74) is 2.53. The van der Waals surface area contributed by atoms with Crippen LogP contribution < -0.4 is 10.6 Å². The Labute approximate surface area is 154 Å². The highest BCUT2D eigenvalue weighted by Crippen LogP contribution is 2.41. The number of anilines is 3. The summed E-state index contributed by atoms with van der Waals surface area (Å²) in [6.07, 6.45) is 4.86. The van der Waals surface area contributed by atoms with Crippen molar-refractivity contribution in [2.75, 3.05) is 17.7 Å². The Morgan fingerprint density at radius 3 is 2.88 bits per heavy atom. The van der Waals surface area contributed by atoms with Crippen molar-refractivity contribution < 1.29 is 9.53 Å². The average Bonchev–Trinajstić information content (AvgIpc) is 2.70. The smallest absolute Gasteiger partial charge is 0.339 e. The van der Waals surface area contributed by atoms with Crippen LogP contribution in [0.25, 0.3) is 0 Å². The van der Waals surface area contributed by atoms with E-state index in [2.05, 4.69) is 48.5 Å². The van der Waals surface area contributed by atoms with E-state index in [1.807, 2.05) is 0 Å². The van der Waals surface area contributed by atoms with Gasteiger partial charge in [-0.3, -0.25) is 0 Å². The second kappa shape index (κ2) is 7.01. The molecule has 2 aromatic heterocycles. The Bertz CT molecular complexity index is 962. The third kappa shape index (κ3) is 3.31. The highest BCUT2D eigenvalue weighted by molar-refractivity contribution is 7.99. The van der Waals surface area contributed by atoms with E-state index in [0.29, 0.717) is 17.9 Å². The summed E-state index contributed by atoms with van der Waals surface area (Å²) in [5.74, 6) is 1.06. The Balaban J connectivity index is 1.45. The zero-order chi connectivity index (χ0) is 17.9. The number of fused-ring (bicyclic) bond motifs is 2. The molecule has 0 atom stereocenters. The SMILES string of the molecule is COC(=O)c1ccc(NCc2ccc3c(c2)Nc2nccnc2S3)nc1. The number of rotatable bonds is 4. The summed E-state index contributed by atoms with van der Waals surface area (Å²) in [4.78, 5) is 25.4. The van der Waals surface area contributed by atoms with Crippen LogP contribution in [0.4, 0.5) is 17.3 Å². The van der Waals surface area contributed by atoms with Crippen molar-refractivity contribution >= 4 is 35.1 Å². The number of esters is 1. The first-order valence-electron chi connectivity index (χ1n) is 7.90. The molecule has 130 valence electrons. The molecule has 0 amide bonds. The highest BCUT2D eigenvalue weighted by atomic mass is 32.2. The van der Waals surface area contributed by atoms with Gasteiger partial charge in [0.15, 0.2) is 5.82 Å². The van der Waals surface area contributed by atoms with E-state index >= 15 is 0 Å². The van der Waals surface area contributed by atoms with Crippen LogP contribution in [0.1, 0.15) is 15.9 Å². The van der Waals surface area contributed by atoms with Crippen LogP contribution in [0.15, 0.2) is 58.8 Å². The van der Waals surface area contributed by atoms with Crippen molar-refractivity contribution in [3.8, 4) is 0 Å². The van der Waals surface area contributed by atoms with Crippen molar-refractivity contribution in [3.05, 3.63) is 60.0 Å². The topological polar surface area (TPSA) is 89.0 Å². The third-order valence-corrected chi connectivity index (χ3v) is 4.89. The number of ether oxygens (including phenoxy) is 1. The van der Waals surface area contributed by atoms with Crippen LogP contribution in [0.5, 0.6) is 0 Å². The van der Waals surface area contributed by atoms with Gasteiger partial charge in [0.1, 0.15) is 10.8 Å². The molecule has 26 heavy (non-hydrogen) atoms. The maximum Gasteiger partial charge on any atom is 0.339 e. The summed E-state index contributed by atoms with van der Waals surface area (Å²) in [6, 6.07) is 9.64. The molecular formula is C18H15N5O2S. The Hall–Kier alpha value is -3.13. The van der Waals surface area contributed by atoms with Crippen molar-refractivity contribution in [1.82, 2.24) is 15.0 Å². The minimum absolute atomic E-state index is 0.398. The van der Waals surface area contributed by atoms with Crippen LogP contribution in [0.3, 0.4) is 0 Å². The zero-order valence-corrected chi connectivity index (χ0v) is 14.7. The number of aromatic nitrogens is 3. The summed E-state index contributed by atoms with van der Waals surface area (Å²) in [6.45, 7) is 0.609. The summed E-state index contributed by atoms with van der Waals surface area (Å²) in [5, 5.41) is 7.44. The fraction of sp³-hybridized carbons (Fsp3) is 0.111. The monoisotopic (exact) mass is 365 g/mol. The van der Waals surface area contributed by atoms with Crippen molar-refractivity contribution in [1.29, 1.82) is 0 Å². The minimum atomic E-state index is -0.398. The molecule has 0 saturated heterocycles. The van der Waals surface area contributed by atoms with Crippen LogP contribution in [-0.2, 0) is 11.3 Å². The lowest BCUT2D eigenvalue weighted by Gasteiger charge is -2.19. The largest absolute Gasteiger partial charge is 0.465 e. The predicted molar refractivity (Wildman–Crippen MR) is 98.8 cm³/mol. The van der Waals surface area contributed by atoms with E-state index in [9.17, 15) is 4.79 Å². The van der Waals surface area contributed by atoms with E-state index in [-0.39, 0.29) is 0 Å². The van der Waals surface area contributed by atoms with Gasteiger partial charge < -0.3 is 15.4 Å². The fourth-order valence-corrected chi connectivity index (χ4v) is 3.40. The molecule has 8 heteroatoms. The molecule has 0 aliphatic carbocycles. The van der Waals surface area contributed by atoms with E-state index in [4.69, 9.17) is 0 Å². The number of hydrogen-bond acceptors (Lipinski definition) is 8. The maximum absolute atomic E-state index is 11.4. The van der Waals surface area contributed by atoms with Gasteiger partial charge in [0.2, 0.25) is 0 Å². The summed E-state index contributed by atoms with van der Waals surface area (Å²) >= 11 is 1.60. The number of nitrogens with one attached hydrogen (secondary N) is 2. The molecule has 0 fully saturated rings. The van der Waals surface area contributed by atoms with Gasteiger partial charge in [-0.2, -0.15) is 0 Å². The molecule has 0 radical (unpaired) electrons. The first-order chi connectivity index (χ1) is 12.7. The first kappa shape index (κ1) is 16.3. The van der Waals surface area contributed by atoms with Crippen molar-refractivity contribution in [3.63, 3.8) is 0 Å². The van der Waals surface area contributed by atoms with Gasteiger partial charge in [-0.05, 0) is 29.8 Å². The number of carbonyl (C=O) groups excluding carboxylic acids is 1. The van der Waals surface area contributed by atoms with Gasteiger partial charge in [-0.25, -0.2) is 19.7 Å². The highest BCUT2D eigenvalue weighted by Gasteiger charge is 2.17. The molecule has 7 nitrogen and oxygen atoms in total. The normalized spacial score (nSPS) is 11.7. The number of nitrogens with zero attached hydrogens (tertiary/aromatic N) is 3. The standard InChI is InChI=1S/C18H15N5O2S/c1-25-18(24)12-3-5-15(22-10-12)21-9-11-2-4-14-13(8-11)23-16-17(26-14)20-7-6-19-16/h2-8,10H,9H2,1H3,(H,19,23)(H,21,22). The van der Waals surface area contributed by atoms with E-state index in [1.54, 1.807) is 36.3 Å². The van der Waals surface area contributed by atoms with Crippen LogP contribution in [0.2, 0.25) is 0 Å². The Morgan fingerprint density at radius 1 is 1.19 bits per heavy atom. The summed E-state index contributed by atoms with van der Waals surface area (Å²) < 4.78 is 4.67. The van der Waals surface area contributed by atoms with Gasteiger partial charge in [-0.15, -0.1) is 0 Å². The van der Waals surface area contributed by atoms with Gasteiger partial charge in [-0.1, -0.05) is 17.8 Å². The number of benzene rings is 1. The molecule has 1 aliphatic heterocycles. The molecule has 3 aromatic rings. The maximum atomic E-state index is 11.4. The van der Waals surface area contributed by atoms with Crippen molar-refractivity contribution in [2.24, 2.45) is 0 Å². The Kier molecular flexibility index (Phi) is 4.40. The first-order valence-corrected chi connectivity index (χ1v) is 8.71. The lowest BCUT2D eigenvalue weighted by atomic mass is 10.2. The zero-order valence-electron chi connectivity index (χ0n) is 13.9. The minimum Gasteiger partial charge on any atom is -0.465 e. The lowest BCUT2D eigenvalue weighted by Crippen LogP contribution is -2.06. The van der Waals surface area contributed by atoms with Gasteiger partial charge in [0.05, 0.1) is 18.4 Å². The van der Waals surface area contributed by atoms with Gasteiger partial charge in [0.25, 0.3) is 0 Å². The average molecular weight is 365 g/mol. The number of carbonyl (C=O) groups is 1. The van der Waals surface area contributed by atoms with E-state index in [0.717, 1.165) is 27.0 Å². The second-order valence-electron chi connectivity index (χ2n) is 5.54. The molecule has 2 N–H and O–H groups in total. The number of pyridine rings is 1.